The highest BCUT2D eigenvalue weighted by atomic mass is 32.2. The minimum Gasteiger partial charge on any atom is -0.492 e. The summed E-state index contributed by atoms with van der Waals surface area (Å²) in [6.07, 6.45) is 5.72. The average Bonchev–Trinajstić information content (AvgIpc) is 3.30. The lowest BCUT2D eigenvalue weighted by atomic mass is 10.1. The lowest BCUT2D eigenvalue weighted by Crippen LogP contribution is -2.28. The average molecular weight is 366 g/mol. The molecule has 138 valence electrons. The number of hydrogen-bond acceptors (Lipinski definition) is 4. The molecule has 1 heterocycles. The van der Waals surface area contributed by atoms with Gasteiger partial charge in [-0.25, -0.2) is 8.42 Å². The molecule has 0 radical (unpaired) electrons. The second kappa shape index (κ2) is 7.74. The number of amides is 1. The van der Waals surface area contributed by atoms with Crippen molar-refractivity contribution >= 4 is 21.6 Å². The van der Waals surface area contributed by atoms with Crippen molar-refractivity contribution in [3.8, 4) is 5.75 Å². The molecule has 1 aliphatic carbocycles. The summed E-state index contributed by atoms with van der Waals surface area (Å²) in [6.45, 7) is 3.28. The number of hydrogen-bond donors (Lipinski definition) is 1. The normalized spacial score (nSPS) is 19.2. The van der Waals surface area contributed by atoms with Crippen LogP contribution in [0, 0.1) is 5.92 Å². The Balaban J connectivity index is 1.87. The van der Waals surface area contributed by atoms with Gasteiger partial charge in [0.1, 0.15) is 10.6 Å². The highest BCUT2D eigenvalue weighted by Crippen LogP contribution is 2.32. The number of benzene rings is 1. The van der Waals surface area contributed by atoms with Crippen LogP contribution in [-0.2, 0) is 14.8 Å². The number of nitrogens with zero attached hydrogens (tertiary/aromatic N) is 1. The molecule has 0 unspecified atom stereocenters. The molecule has 6 nitrogen and oxygen atoms in total. The molecule has 2 fully saturated rings. The summed E-state index contributed by atoms with van der Waals surface area (Å²) in [4.78, 5) is 12.5. The van der Waals surface area contributed by atoms with Crippen molar-refractivity contribution in [2.45, 2.75) is 50.3 Å². The molecule has 1 saturated heterocycles. The zero-order valence-electron chi connectivity index (χ0n) is 14.7. The van der Waals surface area contributed by atoms with E-state index in [1.54, 1.807) is 12.1 Å². The zero-order valence-corrected chi connectivity index (χ0v) is 15.5. The van der Waals surface area contributed by atoms with Crippen LogP contribution in [0.3, 0.4) is 0 Å². The molecule has 25 heavy (non-hydrogen) atoms. The molecule has 1 aliphatic heterocycles. The van der Waals surface area contributed by atoms with Gasteiger partial charge in [0.25, 0.3) is 0 Å². The second-order valence-corrected chi connectivity index (χ2v) is 8.58. The van der Waals surface area contributed by atoms with Crippen molar-refractivity contribution < 1.29 is 17.9 Å². The van der Waals surface area contributed by atoms with Crippen LogP contribution in [0.1, 0.15) is 45.4 Å². The minimum atomic E-state index is -3.61. The predicted octanol–water partition coefficient (Wildman–Crippen LogP) is 3.00. The first kappa shape index (κ1) is 18.2. The van der Waals surface area contributed by atoms with E-state index in [1.165, 1.54) is 10.4 Å². The Morgan fingerprint density at radius 3 is 2.52 bits per heavy atom. The van der Waals surface area contributed by atoms with E-state index in [0.717, 1.165) is 38.5 Å². The summed E-state index contributed by atoms with van der Waals surface area (Å²) in [5.41, 5.74) is 0.512. The van der Waals surface area contributed by atoms with Crippen LogP contribution < -0.4 is 10.1 Å². The Morgan fingerprint density at radius 1 is 1.20 bits per heavy atom. The lowest BCUT2D eigenvalue weighted by molar-refractivity contribution is -0.119. The quantitative estimate of drug-likeness (QED) is 0.840. The minimum absolute atomic E-state index is 0.0221. The summed E-state index contributed by atoms with van der Waals surface area (Å²) in [6, 6.07) is 4.88. The molecule has 0 aromatic heterocycles. The number of rotatable bonds is 6. The molecule has 3 rings (SSSR count). The Bertz CT molecular complexity index is 721. The third-order valence-corrected chi connectivity index (χ3v) is 6.84. The molecule has 1 saturated carbocycles. The Kier molecular flexibility index (Phi) is 5.64. The van der Waals surface area contributed by atoms with E-state index in [-0.39, 0.29) is 16.7 Å². The van der Waals surface area contributed by atoms with Crippen molar-refractivity contribution in [2.24, 2.45) is 5.92 Å². The molecule has 1 amide bonds. The molecule has 1 aromatic carbocycles. The van der Waals surface area contributed by atoms with Gasteiger partial charge in [-0.05, 0) is 50.8 Å². The molecule has 1 N–H and O–H groups in total. The van der Waals surface area contributed by atoms with Crippen LogP contribution in [0.4, 0.5) is 5.69 Å². The maximum absolute atomic E-state index is 13.0. The SMILES string of the molecule is CCOc1ccc(NC(=O)C2CCCC2)cc1S(=O)(=O)N1CCCC1. The topological polar surface area (TPSA) is 75.7 Å². The van der Waals surface area contributed by atoms with E-state index in [0.29, 0.717) is 31.1 Å². The summed E-state index contributed by atoms with van der Waals surface area (Å²) in [7, 11) is -3.61. The number of nitrogens with one attached hydrogen (secondary N) is 1. The van der Waals surface area contributed by atoms with Gasteiger partial charge in [0.15, 0.2) is 0 Å². The van der Waals surface area contributed by atoms with Gasteiger partial charge in [-0.1, -0.05) is 12.8 Å². The van der Waals surface area contributed by atoms with Crippen molar-refractivity contribution in [3.05, 3.63) is 18.2 Å². The molecule has 0 bridgehead atoms. The molecule has 0 spiro atoms. The largest absolute Gasteiger partial charge is 0.492 e. The van der Waals surface area contributed by atoms with Crippen molar-refractivity contribution in [3.63, 3.8) is 0 Å². The molecule has 2 aliphatic rings. The van der Waals surface area contributed by atoms with Gasteiger partial charge in [-0.2, -0.15) is 4.31 Å². The summed E-state index contributed by atoms with van der Waals surface area (Å²) < 4.78 is 32.9. The smallest absolute Gasteiger partial charge is 0.246 e. The molecule has 0 atom stereocenters. The van der Waals surface area contributed by atoms with Crippen LogP contribution in [0.25, 0.3) is 0 Å². The summed E-state index contributed by atoms with van der Waals surface area (Å²) >= 11 is 0. The third kappa shape index (κ3) is 3.98. The van der Waals surface area contributed by atoms with Crippen LogP contribution in [0.2, 0.25) is 0 Å². The number of carbonyl (C=O) groups is 1. The number of ether oxygens (including phenoxy) is 1. The van der Waals surface area contributed by atoms with Gasteiger partial charge < -0.3 is 10.1 Å². The highest BCUT2D eigenvalue weighted by molar-refractivity contribution is 7.89. The van der Waals surface area contributed by atoms with E-state index in [1.807, 2.05) is 6.92 Å². The van der Waals surface area contributed by atoms with Crippen LogP contribution in [0.15, 0.2) is 23.1 Å². The fraction of sp³-hybridized carbons (Fsp3) is 0.611. The lowest BCUT2D eigenvalue weighted by Gasteiger charge is -2.19. The summed E-state index contributed by atoms with van der Waals surface area (Å²) in [5.74, 6) is 0.352. The highest BCUT2D eigenvalue weighted by Gasteiger charge is 2.31. The van der Waals surface area contributed by atoms with Gasteiger partial charge in [-0.15, -0.1) is 0 Å². The van der Waals surface area contributed by atoms with E-state index in [2.05, 4.69) is 5.32 Å². The van der Waals surface area contributed by atoms with Crippen LogP contribution >= 0.6 is 0 Å². The maximum atomic E-state index is 13.0. The van der Waals surface area contributed by atoms with Crippen molar-refractivity contribution in [1.29, 1.82) is 0 Å². The number of carbonyl (C=O) groups excluding carboxylic acids is 1. The first-order chi connectivity index (χ1) is 12.0. The van der Waals surface area contributed by atoms with E-state index in [4.69, 9.17) is 4.74 Å². The van der Waals surface area contributed by atoms with E-state index >= 15 is 0 Å². The van der Waals surface area contributed by atoms with E-state index in [9.17, 15) is 13.2 Å². The molecule has 1 aromatic rings. The van der Waals surface area contributed by atoms with Gasteiger partial charge >= 0.3 is 0 Å². The maximum Gasteiger partial charge on any atom is 0.246 e. The molecular formula is C18H26N2O4S. The Morgan fingerprint density at radius 2 is 1.88 bits per heavy atom. The van der Waals surface area contributed by atoms with Crippen LogP contribution in [0.5, 0.6) is 5.75 Å². The predicted molar refractivity (Wildman–Crippen MR) is 96.2 cm³/mol. The Hall–Kier alpha value is -1.60. The fourth-order valence-electron chi connectivity index (χ4n) is 3.56. The fourth-order valence-corrected chi connectivity index (χ4v) is 5.24. The monoisotopic (exact) mass is 366 g/mol. The molecule has 7 heteroatoms. The standard InChI is InChI=1S/C18H26N2O4S/c1-2-24-16-10-9-15(19-18(21)14-7-3-4-8-14)13-17(16)25(22,23)20-11-5-6-12-20/h9-10,13-14H,2-8,11-12H2,1H3,(H,19,21). The van der Waals surface area contributed by atoms with Gasteiger partial charge in [0.2, 0.25) is 15.9 Å². The van der Waals surface area contributed by atoms with Gasteiger partial charge in [0, 0.05) is 24.7 Å². The second-order valence-electron chi connectivity index (χ2n) is 6.68. The third-order valence-electron chi connectivity index (χ3n) is 4.92. The number of sulfonamides is 1. The van der Waals surface area contributed by atoms with Gasteiger partial charge in [-0.3, -0.25) is 4.79 Å². The zero-order chi connectivity index (χ0) is 17.9. The first-order valence-corrected chi connectivity index (χ1v) is 10.5. The van der Waals surface area contributed by atoms with Crippen LogP contribution in [-0.4, -0.2) is 38.3 Å². The van der Waals surface area contributed by atoms with E-state index < -0.39 is 10.0 Å². The van der Waals surface area contributed by atoms with Crippen molar-refractivity contribution in [2.75, 3.05) is 25.0 Å². The van der Waals surface area contributed by atoms with Gasteiger partial charge in [0.05, 0.1) is 6.61 Å². The van der Waals surface area contributed by atoms with Crippen molar-refractivity contribution in [1.82, 2.24) is 4.31 Å². The molecular weight excluding hydrogens is 340 g/mol. The number of anilines is 1. The Labute approximate surface area is 149 Å². The first-order valence-electron chi connectivity index (χ1n) is 9.10. The summed E-state index contributed by atoms with van der Waals surface area (Å²) in [5, 5.41) is 2.88.